The van der Waals surface area contributed by atoms with Gasteiger partial charge in [0.05, 0.1) is 0 Å². The predicted molar refractivity (Wildman–Crippen MR) is 318 cm³/mol. The molecule has 0 aliphatic carbocycles. The molecule has 0 radical (unpaired) electrons. The molecule has 1 aliphatic rings. The second-order valence-electron chi connectivity index (χ2n) is 27.3. The summed E-state index contributed by atoms with van der Waals surface area (Å²) in [6.07, 6.45) is 1.94. The first-order valence-electron chi connectivity index (χ1n) is 27.0. The molecule has 0 saturated heterocycles. The fourth-order valence-corrected chi connectivity index (χ4v) is 10.7. The Hall–Kier alpha value is -5.90. The molecule has 0 atom stereocenters. The van der Waals surface area contributed by atoms with Gasteiger partial charge in [-0.25, -0.2) is 4.98 Å². The smallest absolute Gasteiger partial charge is 0.135 e. The van der Waals surface area contributed by atoms with Crippen LogP contribution in [0, 0.1) is 29.6 Å². The number of ether oxygens (including phenoxy) is 1. The van der Waals surface area contributed by atoms with Crippen LogP contribution >= 0.6 is 0 Å². The zero-order valence-corrected chi connectivity index (χ0v) is 51.1. The van der Waals surface area contributed by atoms with Gasteiger partial charge in [0.25, 0.3) is 0 Å². The molecular weight excluding hydrogens is 1110 g/mol. The Bertz CT molecular complexity index is 3450. The molecule has 9 rings (SSSR count). The summed E-state index contributed by atoms with van der Waals surface area (Å²) in [5.74, 6) is 2.09. The third-order valence-corrected chi connectivity index (χ3v) is 15.5. The molecule has 6 aromatic carbocycles. The van der Waals surface area contributed by atoms with E-state index in [0.717, 1.165) is 44.6 Å². The Morgan fingerprint density at radius 1 is 0.421 bits per heavy atom. The zero-order chi connectivity index (χ0) is 54.4. The molecule has 1 aliphatic heterocycles. The minimum atomic E-state index is -0.255. The average Bonchev–Trinajstić information content (AvgIpc) is 3.92. The van der Waals surface area contributed by atoms with Gasteiger partial charge in [0.15, 0.2) is 0 Å². The van der Waals surface area contributed by atoms with Crippen molar-refractivity contribution in [3.63, 3.8) is 0 Å². The molecule has 0 fully saturated rings. The first kappa shape index (κ1) is 56.3. The summed E-state index contributed by atoms with van der Waals surface area (Å²) in [5.41, 5.74) is 14.0. The number of anilines is 2. The zero-order valence-electron chi connectivity index (χ0n) is 48.9. The molecule has 6 heteroatoms. The number of nitrogens with zero attached hydrogens (tertiary/aromatic N) is 4. The number of hydrogen-bond donors (Lipinski definition) is 0. The monoisotopic (exact) mass is 1190 g/mol. The Balaban J connectivity index is 0.00000765. The van der Waals surface area contributed by atoms with Crippen molar-refractivity contribution in [3.05, 3.63) is 209 Å². The van der Waals surface area contributed by atoms with Gasteiger partial charge >= 0.3 is 0 Å². The van der Waals surface area contributed by atoms with E-state index < -0.39 is 0 Å². The second-order valence-corrected chi connectivity index (χ2v) is 27.3. The number of pyridine rings is 1. The van der Waals surface area contributed by atoms with E-state index in [4.69, 9.17) is 9.72 Å². The van der Waals surface area contributed by atoms with Gasteiger partial charge in [-0.2, -0.15) is 6.07 Å². The third-order valence-electron chi connectivity index (χ3n) is 15.5. The fraction of sp³-hybridized carbons (Fsp3) is 0.371. The summed E-state index contributed by atoms with van der Waals surface area (Å²) in [6, 6.07) is 56.6. The van der Waals surface area contributed by atoms with Crippen LogP contribution in [0.1, 0.15) is 170 Å². The molecular formula is C70H81N4OPt-3. The molecule has 0 saturated carbocycles. The van der Waals surface area contributed by atoms with Gasteiger partial charge < -0.3 is 19.1 Å². The van der Waals surface area contributed by atoms with E-state index in [9.17, 15) is 0 Å². The van der Waals surface area contributed by atoms with Crippen molar-refractivity contribution in [3.8, 4) is 17.3 Å². The van der Waals surface area contributed by atoms with Crippen LogP contribution in [0.4, 0.5) is 11.4 Å². The van der Waals surface area contributed by atoms with Crippen molar-refractivity contribution in [2.24, 2.45) is 10.8 Å². The Morgan fingerprint density at radius 3 is 1.51 bits per heavy atom. The standard InChI is InChI=1S/C70H81N4O.Pt/c1-64(2,3)48-34-35-71-61(42-48)74-59-41-49(69(16,17)46-26-22-20-23-27-46)30-32-57(59)58-33-31-55(44-60(58)74)75-56-40-51(66(7,8)9)38-54(43-56)73-45-72(62(67(10,11)12)63(73)68(13,14)15)53-37-50(65(4,5)6)36-52(39-53)70(18,19)47-28-24-21-25-29-47;/h20-42,45H,1-19H3;/q-3;. The van der Waals surface area contributed by atoms with Gasteiger partial charge in [0.2, 0.25) is 0 Å². The molecule has 400 valence electrons. The maximum atomic E-state index is 7.08. The molecule has 2 aromatic heterocycles. The van der Waals surface area contributed by atoms with Crippen molar-refractivity contribution in [2.75, 3.05) is 9.80 Å². The quantitative estimate of drug-likeness (QED) is 0.135. The van der Waals surface area contributed by atoms with E-state index in [-0.39, 0.29) is 59.0 Å². The topological polar surface area (TPSA) is 33.5 Å². The molecule has 5 nitrogen and oxygen atoms in total. The molecule has 0 bridgehead atoms. The molecule has 0 spiro atoms. The minimum absolute atomic E-state index is 0. The summed E-state index contributed by atoms with van der Waals surface area (Å²) in [7, 11) is 0. The Labute approximate surface area is 471 Å². The van der Waals surface area contributed by atoms with Crippen LogP contribution in [-0.4, -0.2) is 9.55 Å². The first-order valence-corrected chi connectivity index (χ1v) is 27.0. The van der Waals surface area contributed by atoms with Gasteiger partial charge in [-0.05, 0) is 85.3 Å². The molecule has 76 heavy (non-hydrogen) atoms. The van der Waals surface area contributed by atoms with E-state index in [1.165, 1.54) is 44.8 Å². The first-order chi connectivity index (χ1) is 34.8. The SMILES string of the molecule is CC(C)(C)C1=C(C(C)(C)C)N(c2cc(C(C)(C)C)cc(C(C)(C)c3ccccc3)c2)[CH-]N1c1[c-]c(Oc2[c-]c3c(cc2)c2ccc(C(C)(C)c4ccccc4)cc2n3-c2cc(C(C)(C)C)ccn2)cc(C(C)(C)C)c1.[Pt]. The van der Waals surface area contributed by atoms with Crippen LogP contribution in [0.25, 0.3) is 27.6 Å². The van der Waals surface area contributed by atoms with E-state index in [0.29, 0.717) is 11.5 Å². The largest absolute Gasteiger partial charge is 0.509 e. The van der Waals surface area contributed by atoms with E-state index in [2.05, 4.69) is 298 Å². The van der Waals surface area contributed by atoms with Crippen molar-refractivity contribution in [1.82, 2.24) is 9.55 Å². The van der Waals surface area contributed by atoms with Crippen LogP contribution in [0.3, 0.4) is 0 Å². The van der Waals surface area contributed by atoms with Gasteiger partial charge in [0.1, 0.15) is 5.82 Å². The summed E-state index contributed by atoms with van der Waals surface area (Å²) in [4.78, 5) is 9.91. The third kappa shape index (κ3) is 10.9. The Kier molecular flexibility index (Phi) is 14.7. The molecule has 0 unspecified atom stereocenters. The number of aromatic nitrogens is 2. The van der Waals surface area contributed by atoms with Crippen molar-refractivity contribution < 1.29 is 25.8 Å². The number of hydrogen-bond acceptors (Lipinski definition) is 4. The molecule has 0 amide bonds. The Morgan fingerprint density at radius 2 is 0.947 bits per heavy atom. The van der Waals surface area contributed by atoms with Gasteiger partial charge in [-0.1, -0.05) is 216 Å². The molecule has 8 aromatic rings. The van der Waals surface area contributed by atoms with Crippen LogP contribution in [-0.2, 0) is 48.1 Å². The second kappa shape index (κ2) is 19.8. The van der Waals surface area contributed by atoms with Crippen LogP contribution in [0.15, 0.2) is 151 Å². The number of benzene rings is 6. The predicted octanol–water partition coefficient (Wildman–Crippen LogP) is 18.9. The summed E-state index contributed by atoms with van der Waals surface area (Å²) < 4.78 is 9.36. The number of allylic oxidation sites excluding steroid dienone is 2. The van der Waals surface area contributed by atoms with Crippen molar-refractivity contribution >= 4 is 33.2 Å². The normalized spacial score (nSPS) is 14.2. The number of rotatable bonds is 9. The van der Waals surface area contributed by atoms with E-state index in [1.807, 2.05) is 6.20 Å². The van der Waals surface area contributed by atoms with Crippen LogP contribution in [0.5, 0.6) is 11.5 Å². The van der Waals surface area contributed by atoms with Gasteiger partial charge in [0, 0.05) is 83.0 Å². The van der Waals surface area contributed by atoms with E-state index >= 15 is 0 Å². The summed E-state index contributed by atoms with van der Waals surface area (Å²) in [5, 5.41) is 2.23. The summed E-state index contributed by atoms with van der Waals surface area (Å²) >= 11 is 0. The van der Waals surface area contributed by atoms with E-state index in [1.54, 1.807) is 0 Å². The number of fused-ring (bicyclic) bond motifs is 3. The van der Waals surface area contributed by atoms with Gasteiger partial charge in [-0.15, -0.1) is 53.6 Å². The summed E-state index contributed by atoms with van der Waals surface area (Å²) in [6.45, 7) is 46.2. The maximum absolute atomic E-state index is 7.08. The van der Waals surface area contributed by atoms with Crippen molar-refractivity contribution in [1.29, 1.82) is 0 Å². The average molecular weight is 1190 g/mol. The maximum Gasteiger partial charge on any atom is 0.135 e. The van der Waals surface area contributed by atoms with Crippen molar-refractivity contribution in [2.45, 2.75) is 159 Å². The van der Waals surface area contributed by atoms with Crippen LogP contribution in [0.2, 0.25) is 0 Å². The molecule has 3 heterocycles. The van der Waals surface area contributed by atoms with Gasteiger partial charge in [-0.3, -0.25) is 0 Å². The van der Waals surface area contributed by atoms with Crippen LogP contribution < -0.4 is 14.5 Å². The molecule has 0 N–H and O–H groups in total. The minimum Gasteiger partial charge on any atom is -0.509 e. The fourth-order valence-electron chi connectivity index (χ4n) is 10.7.